The van der Waals surface area contributed by atoms with Gasteiger partial charge in [0.1, 0.15) is 6.61 Å². The number of carbonyl (C=O) groups is 1. The quantitative estimate of drug-likeness (QED) is 0.595. The minimum absolute atomic E-state index is 0.0857. The maximum atomic E-state index is 11.4. The zero-order valence-electron chi connectivity index (χ0n) is 9.20. The number of ether oxygens (including phenoxy) is 2. The van der Waals surface area contributed by atoms with Gasteiger partial charge >= 0.3 is 0 Å². The molecular formula is C10H20N2O3. The Hall–Kier alpha value is -0.650. The Morgan fingerprint density at radius 1 is 1.53 bits per heavy atom. The predicted molar refractivity (Wildman–Crippen MR) is 56.5 cm³/mol. The lowest BCUT2D eigenvalue weighted by Gasteiger charge is -2.19. The molecule has 0 bridgehead atoms. The summed E-state index contributed by atoms with van der Waals surface area (Å²) in [5, 5.41) is 2.91. The van der Waals surface area contributed by atoms with Crippen LogP contribution in [-0.2, 0) is 14.3 Å². The Kier molecular flexibility index (Phi) is 5.60. The number of nitrogens with one attached hydrogen (secondary N) is 1. The molecule has 0 aromatic carbocycles. The second kappa shape index (κ2) is 6.76. The first kappa shape index (κ1) is 12.4. The fourth-order valence-electron chi connectivity index (χ4n) is 1.87. The van der Waals surface area contributed by atoms with Crippen molar-refractivity contribution in [2.24, 2.45) is 5.73 Å². The van der Waals surface area contributed by atoms with Crippen LogP contribution in [0.4, 0.5) is 0 Å². The van der Waals surface area contributed by atoms with Gasteiger partial charge in [0.25, 0.3) is 0 Å². The number of hydrogen-bond donors (Lipinski definition) is 2. The van der Waals surface area contributed by atoms with Crippen LogP contribution in [-0.4, -0.2) is 44.9 Å². The van der Waals surface area contributed by atoms with Gasteiger partial charge in [-0.3, -0.25) is 4.79 Å². The summed E-state index contributed by atoms with van der Waals surface area (Å²) in [5.41, 5.74) is 5.25. The smallest absolute Gasteiger partial charge is 0.246 e. The van der Waals surface area contributed by atoms with Crippen molar-refractivity contribution in [3.8, 4) is 0 Å². The highest BCUT2D eigenvalue weighted by Gasteiger charge is 2.28. The molecule has 15 heavy (non-hydrogen) atoms. The van der Waals surface area contributed by atoms with E-state index in [4.69, 9.17) is 15.2 Å². The van der Waals surface area contributed by atoms with Gasteiger partial charge in [-0.15, -0.1) is 0 Å². The highest BCUT2D eigenvalue weighted by Crippen LogP contribution is 2.21. The van der Waals surface area contributed by atoms with Crippen molar-refractivity contribution < 1.29 is 14.3 Å². The first-order valence-corrected chi connectivity index (χ1v) is 5.38. The SMILES string of the molecule is COC1CCCC1NC(=O)COCCN. The van der Waals surface area contributed by atoms with Crippen LogP contribution in [0.15, 0.2) is 0 Å². The lowest BCUT2D eigenvalue weighted by Crippen LogP contribution is -2.42. The van der Waals surface area contributed by atoms with Crippen LogP contribution in [0.2, 0.25) is 0 Å². The predicted octanol–water partition coefficient (Wildman–Crippen LogP) is -0.355. The van der Waals surface area contributed by atoms with E-state index in [-0.39, 0.29) is 24.7 Å². The van der Waals surface area contributed by atoms with Gasteiger partial charge in [-0.1, -0.05) is 0 Å². The molecule has 0 radical (unpaired) electrons. The zero-order valence-corrected chi connectivity index (χ0v) is 9.20. The first-order valence-electron chi connectivity index (χ1n) is 5.38. The highest BCUT2D eigenvalue weighted by molar-refractivity contribution is 5.77. The molecule has 1 saturated carbocycles. The summed E-state index contributed by atoms with van der Waals surface area (Å²) < 4.78 is 10.3. The molecule has 88 valence electrons. The average Bonchev–Trinajstić information content (AvgIpc) is 2.65. The molecule has 3 N–H and O–H groups in total. The molecule has 0 spiro atoms. The van der Waals surface area contributed by atoms with Crippen molar-refractivity contribution in [1.82, 2.24) is 5.32 Å². The normalized spacial score (nSPS) is 25.5. The maximum absolute atomic E-state index is 11.4. The summed E-state index contributed by atoms with van der Waals surface area (Å²) in [6.07, 6.45) is 3.27. The van der Waals surface area contributed by atoms with E-state index in [1.807, 2.05) is 0 Å². The first-order chi connectivity index (χ1) is 7.27. The van der Waals surface area contributed by atoms with Crippen molar-refractivity contribution in [3.63, 3.8) is 0 Å². The van der Waals surface area contributed by atoms with Crippen molar-refractivity contribution in [1.29, 1.82) is 0 Å². The minimum atomic E-state index is -0.0857. The van der Waals surface area contributed by atoms with Gasteiger partial charge in [0, 0.05) is 13.7 Å². The third-order valence-corrected chi connectivity index (χ3v) is 2.60. The summed E-state index contributed by atoms with van der Waals surface area (Å²) in [5.74, 6) is -0.0857. The highest BCUT2D eigenvalue weighted by atomic mass is 16.5. The maximum Gasteiger partial charge on any atom is 0.246 e. The molecule has 2 unspecified atom stereocenters. The molecule has 1 amide bonds. The molecule has 5 heteroatoms. The van der Waals surface area contributed by atoms with E-state index in [0.717, 1.165) is 19.3 Å². The van der Waals surface area contributed by atoms with E-state index < -0.39 is 0 Å². The van der Waals surface area contributed by atoms with Gasteiger partial charge in [0.15, 0.2) is 0 Å². The lowest BCUT2D eigenvalue weighted by molar-refractivity contribution is -0.127. The summed E-state index contributed by atoms with van der Waals surface area (Å²) >= 11 is 0. The van der Waals surface area contributed by atoms with Crippen LogP contribution in [0, 0.1) is 0 Å². The third kappa shape index (κ3) is 4.15. The Balaban J connectivity index is 2.19. The van der Waals surface area contributed by atoms with Crippen LogP contribution in [0.25, 0.3) is 0 Å². The van der Waals surface area contributed by atoms with Gasteiger partial charge in [-0.05, 0) is 19.3 Å². The van der Waals surface area contributed by atoms with E-state index in [0.29, 0.717) is 13.2 Å². The van der Waals surface area contributed by atoms with Gasteiger partial charge < -0.3 is 20.5 Å². The molecule has 1 aliphatic carbocycles. The van der Waals surface area contributed by atoms with Crippen molar-refractivity contribution in [2.45, 2.75) is 31.4 Å². The molecule has 0 heterocycles. The molecule has 1 aliphatic rings. The lowest BCUT2D eigenvalue weighted by atomic mass is 10.2. The number of rotatable bonds is 6. The largest absolute Gasteiger partial charge is 0.379 e. The fourth-order valence-corrected chi connectivity index (χ4v) is 1.87. The van der Waals surface area contributed by atoms with Crippen LogP contribution >= 0.6 is 0 Å². The van der Waals surface area contributed by atoms with Gasteiger partial charge in [-0.2, -0.15) is 0 Å². The molecule has 0 aromatic rings. The Labute approximate surface area is 90.3 Å². The van der Waals surface area contributed by atoms with Gasteiger partial charge in [0.05, 0.1) is 18.8 Å². The minimum Gasteiger partial charge on any atom is -0.379 e. The zero-order chi connectivity index (χ0) is 11.1. The van der Waals surface area contributed by atoms with Crippen molar-refractivity contribution in [3.05, 3.63) is 0 Å². The van der Waals surface area contributed by atoms with Crippen LogP contribution in [0.5, 0.6) is 0 Å². The van der Waals surface area contributed by atoms with Crippen LogP contribution in [0.3, 0.4) is 0 Å². The molecular weight excluding hydrogens is 196 g/mol. The fraction of sp³-hybridized carbons (Fsp3) is 0.900. The van der Waals surface area contributed by atoms with E-state index >= 15 is 0 Å². The average molecular weight is 216 g/mol. The van der Waals surface area contributed by atoms with Gasteiger partial charge in [-0.25, -0.2) is 0 Å². The van der Waals surface area contributed by atoms with E-state index in [1.165, 1.54) is 0 Å². The summed E-state index contributed by atoms with van der Waals surface area (Å²) in [7, 11) is 1.68. The summed E-state index contributed by atoms with van der Waals surface area (Å²) in [6.45, 7) is 0.952. The number of carbonyl (C=O) groups excluding carboxylic acids is 1. The number of hydrogen-bond acceptors (Lipinski definition) is 4. The number of methoxy groups -OCH3 is 1. The summed E-state index contributed by atoms with van der Waals surface area (Å²) in [4.78, 5) is 11.4. The Morgan fingerprint density at radius 2 is 2.33 bits per heavy atom. The molecule has 1 rings (SSSR count). The molecule has 0 aromatic heterocycles. The Bertz CT molecular complexity index is 199. The standard InChI is InChI=1S/C10H20N2O3/c1-14-9-4-2-3-8(9)12-10(13)7-15-6-5-11/h8-9H,2-7,11H2,1H3,(H,12,13). The van der Waals surface area contributed by atoms with Crippen molar-refractivity contribution in [2.75, 3.05) is 26.9 Å². The molecule has 0 saturated heterocycles. The topological polar surface area (TPSA) is 73.6 Å². The summed E-state index contributed by atoms with van der Waals surface area (Å²) in [6, 6.07) is 0.143. The monoisotopic (exact) mass is 216 g/mol. The molecule has 2 atom stereocenters. The second-order valence-corrected chi connectivity index (χ2v) is 3.72. The molecule has 5 nitrogen and oxygen atoms in total. The van der Waals surface area contributed by atoms with E-state index in [9.17, 15) is 4.79 Å². The molecule has 1 fully saturated rings. The third-order valence-electron chi connectivity index (χ3n) is 2.60. The van der Waals surface area contributed by atoms with Crippen molar-refractivity contribution >= 4 is 5.91 Å². The second-order valence-electron chi connectivity index (χ2n) is 3.72. The number of amides is 1. The van der Waals surface area contributed by atoms with Crippen LogP contribution < -0.4 is 11.1 Å². The number of nitrogens with two attached hydrogens (primary N) is 1. The van der Waals surface area contributed by atoms with Crippen LogP contribution in [0.1, 0.15) is 19.3 Å². The van der Waals surface area contributed by atoms with Gasteiger partial charge in [0.2, 0.25) is 5.91 Å². The van der Waals surface area contributed by atoms with E-state index in [1.54, 1.807) is 7.11 Å². The Morgan fingerprint density at radius 3 is 3.00 bits per heavy atom. The van der Waals surface area contributed by atoms with E-state index in [2.05, 4.69) is 5.32 Å². The molecule has 0 aliphatic heterocycles.